The van der Waals surface area contributed by atoms with E-state index in [1.807, 2.05) is 65.6 Å². The van der Waals surface area contributed by atoms with Crippen molar-refractivity contribution >= 4 is 39.0 Å². The number of para-hydroxylation sites is 2. The third-order valence-electron chi connectivity index (χ3n) is 5.34. The third kappa shape index (κ3) is 3.28. The standard InChI is InChI=1S/C25H22N4O/c1-2-14-29(16-17-8-4-3-5-9-17)25(30)18-12-13-20-19(15-18)23-24(27-20)28-22-11-7-6-10-21(22)26-23/h3-13,15H,2,14,16H2,1H3,(H,27,28). The van der Waals surface area contributed by atoms with Crippen LogP contribution in [-0.2, 0) is 6.54 Å². The molecule has 1 amide bonds. The van der Waals surface area contributed by atoms with Crippen molar-refractivity contribution in [2.75, 3.05) is 6.54 Å². The number of nitrogens with zero attached hydrogens (tertiary/aromatic N) is 3. The highest BCUT2D eigenvalue weighted by molar-refractivity contribution is 6.08. The molecule has 0 fully saturated rings. The summed E-state index contributed by atoms with van der Waals surface area (Å²) in [7, 11) is 0. The van der Waals surface area contributed by atoms with Crippen molar-refractivity contribution in [3.63, 3.8) is 0 Å². The average Bonchev–Trinajstić information content (AvgIpc) is 3.14. The Bertz CT molecular complexity index is 1360. The highest BCUT2D eigenvalue weighted by Crippen LogP contribution is 2.26. The van der Waals surface area contributed by atoms with Gasteiger partial charge in [-0.25, -0.2) is 9.97 Å². The van der Waals surface area contributed by atoms with Crippen LogP contribution in [0.2, 0.25) is 0 Å². The molecule has 2 aromatic heterocycles. The van der Waals surface area contributed by atoms with Gasteiger partial charge < -0.3 is 9.88 Å². The topological polar surface area (TPSA) is 61.9 Å². The van der Waals surface area contributed by atoms with Crippen molar-refractivity contribution < 1.29 is 4.79 Å². The van der Waals surface area contributed by atoms with Gasteiger partial charge in [0, 0.05) is 29.6 Å². The zero-order valence-corrected chi connectivity index (χ0v) is 16.8. The molecule has 5 nitrogen and oxygen atoms in total. The van der Waals surface area contributed by atoms with Gasteiger partial charge in [0.15, 0.2) is 5.65 Å². The second-order valence-electron chi connectivity index (χ2n) is 7.51. The first-order chi connectivity index (χ1) is 14.7. The molecule has 0 unspecified atom stereocenters. The molecule has 5 aromatic rings. The summed E-state index contributed by atoms with van der Waals surface area (Å²) in [6, 6.07) is 23.7. The fourth-order valence-electron chi connectivity index (χ4n) is 3.89. The molecule has 3 aromatic carbocycles. The summed E-state index contributed by atoms with van der Waals surface area (Å²) in [5, 5.41) is 0.922. The molecular formula is C25H22N4O. The number of rotatable bonds is 5. The second kappa shape index (κ2) is 7.59. The Morgan fingerprint density at radius 1 is 0.933 bits per heavy atom. The Kier molecular flexibility index (Phi) is 4.64. The van der Waals surface area contributed by atoms with Gasteiger partial charge in [-0.3, -0.25) is 4.79 Å². The first-order valence-corrected chi connectivity index (χ1v) is 10.2. The normalized spacial score (nSPS) is 11.4. The van der Waals surface area contributed by atoms with E-state index in [4.69, 9.17) is 9.97 Å². The summed E-state index contributed by atoms with van der Waals surface area (Å²) in [6.45, 7) is 3.41. The van der Waals surface area contributed by atoms with Crippen LogP contribution in [0.15, 0.2) is 72.8 Å². The number of carbonyl (C=O) groups is 1. The van der Waals surface area contributed by atoms with E-state index in [-0.39, 0.29) is 5.91 Å². The van der Waals surface area contributed by atoms with E-state index in [2.05, 4.69) is 24.0 Å². The van der Waals surface area contributed by atoms with Crippen LogP contribution in [0.4, 0.5) is 0 Å². The fraction of sp³-hybridized carbons (Fsp3) is 0.160. The Morgan fingerprint density at radius 3 is 2.43 bits per heavy atom. The Hall–Kier alpha value is -3.73. The van der Waals surface area contributed by atoms with E-state index in [1.54, 1.807) is 0 Å². The molecule has 0 aliphatic heterocycles. The van der Waals surface area contributed by atoms with Gasteiger partial charge in [-0.1, -0.05) is 49.4 Å². The molecule has 30 heavy (non-hydrogen) atoms. The lowest BCUT2D eigenvalue weighted by molar-refractivity contribution is 0.0743. The SMILES string of the molecule is CCCN(Cc1ccccc1)C(=O)c1ccc2[nH]c3nc4ccccc4nc3c2c1. The van der Waals surface area contributed by atoms with Gasteiger partial charge in [-0.2, -0.15) is 0 Å². The van der Waals surface area contributed by atoms with Crippen LogP contribution in [0.1, 0.15) is 29.3 Å². The minimum atomic E-state index is 0.0331. The zero-order chi connectivity index (χ0) is 20.5. The van der Waals surface area contributed by atoms with Crippen LogP contribution >= 0.6 is 0 Å². The minimum Gasteiger partial charge on any atom is -0.338 e. The van der Waals surface area contributed by atoms with Gasteiger partial charge in [-0.05, 0) is 42.3 Å². The molecule has 0 aliphatic carbocycles. The number of aromatic nitrogens is 3. The van der Waals surface area contributed by atoms with Crippen LogP contribution in [-0.4, -0.2) is 32.3 Å². The van der Waals surface area contributed by atoms with Gasteiger partial charge in [0.05, 0.1) is 11.0 Å². The molecule has 0 saturated heterocycles. The van der Waals surface area contributed by atoms with Crippen LogP contribution in [0.25, 0.3) is 33.1 Å². The van der Waals surface area contributed by atoms with E-state index in [1.165, 1.54) is 0 Å². The summed E-state index contributed by atoms with van der Waals surface area (Å²) >= 11 is 0. The molecular weight excluding hydrogens is 372 g/mol. The fourth-order valence-corrected chi connectivity index (χ4v) is 3.89. The number of hydrogen-bond acceptors (Lipinski definition) is 3. The molecule has 0 saturated carbocycles. The van der Waals surface area contributed by atoms with Crippen LogP contribution in [0.3, 0.4) is 0 Å². The molecule has 5 rings (SSSR count). The van der Waals surface area contributed by atoms with Crippen LogP contribution in [0, 0.1) is 0 Å². The second-order valence-corrected chi connectivity index (χ2v) is 7.51. The van der Waals surface area contributed by atoms with Crippen molar-refractivity contribution in [1.82, 2.24) is 19.9 Å². The predicted molar refractivity (Wildman–Crippen MR) is 120 cm³/mol. The molecule has 0 spiro atoms. The lowest BCUT2D eigenvalue weighted by Gasteiger charge is -2.22. The van der Waals surface area contributed by atoms with Crippen molar-refractivity contribution in [2.24, 2.45) is 0 Å². The molecule has 5 heteroatoms. The number of amides is 1. The van der Waals surface area contributed by atoms with E-state index in [0.29, 0.717) is 18.7 Å². The number of hydrogen-bond donors (Lipinski definition) is 1. The number of benzene rings is 3. The van der Waals surface area contributed by atoms with E-state index >= 15 is 0 Å². The summed E-state index contributed by atoms with van der Waals surface area (Å²) < 4.78 is 0. The monoisotopic (exact) mass is 394 g/mol. The average molecular weight is 394 g/mol. The summed E-state index contributed by atoms with van der Waals surface area (Å²) in [5.74, 6) is 0.0331. The Balaban J connectivity index is 1.56. The van der Waals surface area contributed by atoms with E-state index < -0.39 is 0 Å². The van der Waals surface area contributed by atoms with Gasteiger partial charge in [0.2, 0.25) is 0 Å². The molecule has 148 valence electrons. The number of fused-ring (bicyclic) bond motifs is 4. The summed E-state index contributed by atoms with van der Waals surface area (Å²) in [4.78, 5) is 28.1. The van der Waals surface area contributed by atoms with Crippen molar-refractivity contribution in [3.05, 3.63) is 83.9 Å². The molecule has 1 N–H and O–H groups in total. The van der Waals surface area contributed by atoms with Crippen molar-refractivity contribution in [2.45, 2.75) is 19.9 Å². The first kappa shape index (κ1) is 18.3. The van der Waals surface area contributed by atoms with Gasteiger partial charge in [0.1, 0.15) is 5.52 Å². The molecule has 0 radical (unpaired) electrons. The molecule has 2 heterocycles. The van der Waals surface area contributed by atoms with Gasteiger partial charge in [-0.15, -0.1) is 0 Å². The maximum absolute atomic E-state index is 13.3. The van der Waals surface area contributed by atoms with Crippen LogP contribution in [0.5, 0.6) is 0 Å². The summed E-state index contributed by atoms with van der Waals surface area (Å²) in [5.41, 5.74) is 5.96. The smallest absolute Gasteiger partial charge is 0.254 e. The van der Waals surface area contributed by atoms with Gasteiger partial charge >= 0.3 is 0 Å². The molecule has 0 bridgehead atoms. The zero-order valence-electron chi connectivity index (χ0n) is 16.8. The number of carbonyl (C=O) groups excluding carboxylic acids is 1. The Labute approximate surface area is 174 Å². The molecule has 0 atom stereocenters. The quantitative estimate of drug-likeness (QED) is 0.439. The van der Waals surface area contributed by atoms with E-state index in [9.17, 15) is 4.79 Å². The number of H-pyrrole nitrogens is 1. The minimum absolute atomic E-state index is 0.0331. The molecule has 0 aliphatic rings. The summed E-state index contributed by atoms with van der Waals surface area (Å²) in [6.07, 6.45) is 0.908. The first-order valence-electron chi connectivity index (χ1n) is 10.2. The predicted octanol–water partition coefficient (Wildman–Crippen LogP) is 5.32. The highest BCUT2D eigenvalue weighted by Gasteiger charge is 2.18. The third-order valence-corrected chi connectivity index (χ3v) is 5.34. The lowest BCUT2D eigenvalue weighted by atomic mass is 10.1. The van der Waals surface area contributed by atoms with Gasteiger partial charge in [0.25, 0.3) is 5.91 Å². The maximum atomic E-state index is 13.3. The van der Waals surface area contributed by atoms with Crippen molar-refractivity contribution in [3.8, 4) is 0 Å². The number of aromatic amines is 1. The Morgan fingerprint density at radius 2 is 1.67 bits per heavy atom. The van der Waals surface area contributed by atoms with Crippen molar-refractivity contribution in [1.29, 1.82) is 0 Å². The maximum Gasteiger partial charge on any atom is 0.254 e. The van der Waals surface area contributed by atoms with E-state index in [0.717, 1.165) is 45.1 Å². The largest absolute Gasteiger partial charge is 0.338 e. The lowest BCUT2D eigenvalue weighted by Crippen LogP contribution is -2.31. The number of nitrogens with one attached hydrogen (secondary N) is 1. The van der Waals surface area contributed by atoms with Crippen LogP contribution < -0.4 is 0 Å². The highest BCUT2D eigenvalue weighted by atomic mass is 16.2.